The number of carbonyl (C=O) groups is 10. The van der Waals surface area contributed by atoms with Crippen molar-refractivity contribution < 1.29 is 68.4 Å². The highest BCUT2D eigenvalue weighted by atomic mass is 16.4. The van der Waals surface area contributed by atoms with Gasteiger partial charge in [-0.05, 0) is 55.7 Å². The lowest BCUT2D eigenvalue weighted by Crippen LogP contribution is -2.62. The first-order valence-corrected chi connectivity index (χ1v) is 23.1. The Labute approximate surface area is 408 Å². The molecule has 1 saturated heterocycles. The van der Waals surface area contributed by atoms with E-state index in [2.05, 4.69) is 36.9 Å². The van der Waals surface area contributed by atoms with Crippen LogP contribution in [-0.4, -0.2) is 157 Å². The van der Waals surface area contributed by atoms with Crippen LogP contribution in [0.2, 0.25) is 0 Å². The molecule has 1 aromatic heterocycles. The van der Waals surface area contributed by atoms with Gasteiger partial charge in [0.05, 0.1) is 25.2 Å². The Morgan fingerprint density at radius 2 is 1.34 bits per heavy atom. The van der Waals surface area contributed by atoms with Crippen LogP contribution in [0, 0.1) is 5.92 Å². The molecule has 0 unspecified atom stereocenters. The number of aliphatic hydroxyl groups is 2. The van der Waals surface area contributed by atoms with Crippen LogP contribution in [0.3, 0.4) is 0 Å². The van der Waals surface area contributed by atoms with Gasteiger partial charge < -0.3 is 73.7 Å². The minimum absolute atomic E-state index is 0.0202. The summed E-state index contributed by atoms with van der Waals surface area (Å²) in [6.45, 7) is 3.66. The zero-order valence-corrected chi connectivity index (χ0v) is 39.6. The Bertz CT molecular complexity index is 2390. The van der Waals surface area contributed by atoms with Crippen molar-refractivity contribution in [2.45, 2.75) is 127 Å². The van der Waals surface area contributed by atoms with Gasteiger partial charge in [0.25, 0.3) is 0 Å². The maximum atomic E-state index is 14.1. The first kappa shape index (κ1) is 56.2. The first-order chi connectivity index (χ1) is 33.6. The molecule has 9 atom stereocenters. The average Bonchev–Trinajstić information content (AvgIpc) is 3.98. The van der Waals surface area contributed by atoms with E-state index in [4.69, 9.17) is 11.5 Å². The van der Waals surface area contributed by atoms with Gasteiger partial charge >= 0.3 is 11.9 Å². The minimum Gasteiger partial charge on any atom is -0.481 e. The van der Waals surface area contributed by atoms with E-state index in [9.17, 15) is 68.4 Å². The van der Waals surface area contributed by atoms with Crippen molar-refractivity contribution in [1.29, 1.82) is 0 Å². The van der Waals surface area contributed by atoms with Crippen molar-refractivity contribution in [2.24, 2.45) is 17.4 Å². The number of hydrogen-bond donors (Lipinski definition) is 13. The number of aliphatic hydroxyl groups excluding tert-OH is 2. The number of rotatable bonds is 27. The Hall–Kier alpha value is -7.44. The van der Waals surface area contributed by atoms with E-state index in [0.717, 1.165) is 10.4 Å². The molecule has 2 heterocycles. The summed E-state index contributed by atoms with van der Waals surface area (Å²) in [6, 6.07) is 3.32. The van der Waals surface area contributed by atoms with Gasteiger partial charge in [-0.2, -0.15) is 0 Å². The summed E-state index contributed by atoms with van der Waals surface area (Å²) in [5, 5.41) is 56.0. The number of primary amides is 1. The second-order valence-electron chi connectivity index (χ2n) is 17.8. The second-order valence-corrected chi connectivity index (χ2v) is 17.8. The standard InChI is InChI=1S/C47H64N10O14/c1-24(2)18-31(51-40(63)29(48)15-16-37(49)60)43(66)56-39(25(3)59)45(68)53-32(19-26-10-5-4-6-11-26)41(64)55-35(23-58)46(69)57-17-9-14-36(57)44(67)52-33(21-38(61)62)42(65)54-34(47(70)71)20-27-22-50-30-13-8-7-12-28(27)30/h4-8,10-13,22,24-25,29,31-36,39,50,58-59H,9,14-21,23,48H2,1-3H3,(H2,49,60)(H,51,63)(H,52,67)(H,53,68)(H,54,65)(H,55,64)(H,56,66)(H,61,62)(H,70,71)/t25-,29+,31+,32+,33+,34+,35+,36+,39+/m1/s1. The molecule has 15 N–H and O–H groups in total. The lowest BCUT2D eigenvalue weighted by molar-refractivity contribution is -0.145. The van der Waals surface area contributed by atoms with Gasteiger partial charge in [0.1, 0.15) is 42.3 Å². The monoisotopic (exact) mass is 992 g/mol. The number of aromatic amines is 1. The SMILES string of the molecule is CC(C)C[C@H](NC(=O)[C@@H](N)CCC(N)=O)C(=O)N[C@H](C(=O)N[C@@H](Cc1ccccc1)C(=O)N[C@@H](CO)C(=O)N1CCC[C@H]1C(=O)N[C@@H](CC(=O)O)C(=O)N[C@@H](Cc1c[nH]c2ccccc12)C(=O)O)[C@@H](C)O. The molecule has 0 bridgehead atoms. The fourth-order valence-corrected chi connectivity index (χ4v) is 8.00. The topological polar surface area (TPSA) is 395 Å². The summed E-state index contributed by atoms with van der Waals surface area (Å²) >= 11 is 0. The minimum atomic E-state index is -1.79. The highest BCUT2D eigenvalue weighted by molar-refractivity contribution is 5.99. The largest absolute Gasteiger partial charge is 0.481 e. The van der Waals surface area contributed by atoms with E-state index in [1.165, 1.54) is 6.92 Å². The quantitative estimate of drug-likeness (QED) is 0.0373. The molecule has 0 spiro atoms. The van der Waals surface area contributed by atoms with Crippen LogP contribution in [0.1, 0.15) is 70.4 Å². The molecule has 4 rings (SSSR count). The lowest BCUT2D eigenvalue weighted by atomic mass is 10.0. The Balaban J connectivity index is 1.48. The maximum Gasteiger partial charge on any atom is 0.326 e. The van der Waals surface area contributed by atoms with Gasteiger partial charge in [-0.3, -0.25) is 43.2 Å². The van der Waals surface area contributed by atoms with E-state index in [-0.39, 0.29) is 57.4 Å². The van der Waals surface area contributed by atoms with Crippen LogP contribution in [-0.2, 0) is 60.8 Å². The number of aliphatic carboxylic acids is 2. The van der Waals surface area contributed by atoms with Gasteiger partial charge in [-0.15, -0.1) is 0 Å². The molecule has 1 aliphatic rings. The summed E-state index contributed by atoms with van der Waals surface area (Å²) in [7, 11) is 0. The molecular weight excluding hydrogens is 929 g/mol. The molecule has 24 nitrogen and oxygen atoms in total. The molecule has 8 amide bonds. The molecule has 0 saturated carbocycles. The van der Waals surface area contributed by atoms with Gasteiger partial charge in [0, 0.05) is 42.9 Å². The molecular formula is C47H64N10O14. The molecule has 1 fully saturated rings. The Morgan fingerprint density at radius 3 is 1.96 bits per heavy atom. The van der Waals surface area contributed by atoms with Crippen molar-refractivity contribution >= 4 is 70.1 Å². The highest BCUT2D eigenvalue weighted by Gasteiger charge is 2.41. The lowest BCUT2D eigenvalue weighted by Gasteiger charge is -2.30. The van der Waals surface area contributed by atoms with Gasteiger partial charge in [0.15, 0.2) is 0 Å². The van der Waals surface area contributed by atoms with Crippen molar-refractivity contribution in [3.05, 3.63) is 71.9 Å². The number of amides is 8. The summed E-state index contributed by atoms with van der Waals surface area (Å²) in [5.74, 6) is -10.5. The summed E-state index contributed by atoms with van der Waals surface area (Å²) < 4.78 is 0. The third kappa shape index (κ3) is 16.6. The van der Waals surface area contributed by atoms with Crippen molar-refractivity contribution in [3.63, 3.8) is 0 Å². The number of aromatic nitrogens is 1. The third-order valence-corrected chi connectivity index (χ3v) is 11.7. The van der Waals surface area contributed by atoms with Crippen molar-refractivity contribution in [3.8, 4) is 0 Å². The smallest absolute Gasteiger partial charge is 0.326 e. The van der Waals surface area contributed by atoms with Crippen molar-refractivity contribution in [1.82, 2.24) is 41.8 Å². The second kappa shape index (κ2) is 26.5. The number of para-hydroxylation sites is 1. The van der Waals surface area contributed by atoms with Crippen LogP contribution in [0.25, 0.3) is 10.9 Å². The molecule has 3 aromatic rings. The van der Waals surface area contributed by atoms with E-state index >= 15 is 0 Å². The number of H-pyrrole nitrogens is 1. The zero-order valence-electron chi connectivity index (χ0n) is 39.6. The number of carboxylic acids is 2. The number of nitrogens with one attached hydrogen (secondary N) is 7. The summed E-state index contributed by atoms with van der Waals surface area (Å²) in [6.07, 6.45) is -1.29. The number of nitrogens with two attached hydrogens (primary N) is 2. The van der Waals surface area contributed by atoms with Crippen LogP contribution in [0.15, 0.2) is 60.8 Å². The molecule has 0 radical (unpaired) electrons. The number of fused-ring (bicyclic) bond motifs is 1. The fourth-order valence-electron chi connectivity index (χ4n) is 8.00. The maximum absolute atomic E-state index is 14.1. The fraction of sp³-hybridized carbons (Fsp3) is 0.489. The molecule has 386 valence electrons. The summed E-state index contributed by atoms with van der Waals surface area (Å²) in [5.41, 5.74) is 12.9. The van der Waals surface area contributed by atoms with Gasteiger partial charge in [-0.25, -0.2) is 4.79 Å². The van der Waals surface area contributed by atoms with Crippen LogP contribution < -0.4 is 43.4 Å². The number of carbonyl (C=O) groups excluding carboxylic acids is 8. The van der Waals surface area contributed by atoms with Gasteiger partial charge in [0.2, 0.25) is 47.3 Å². The third-order valence-electron chi connectivity index (χ3n) is 11.7. The van der Waals surface area contributed by atoms with Crippen molar-refractivity contribution in [2.75, 3.05) is 13.2 Å². The summed E-state index contributed by atoms with van der Waals surface area (Å²) in [4.78, 5) is 135. The Morgan fingerprint density at radius 1 is 0.732 bits per heavy atom. The van der Waals surface area contributed by atoms with Gasteiger partial charge in [-0.1, -0.05) is 62.4 Å². The van der Waals surface area contributed by atoms with Crippen LogP contribution >= 0.6 is 0 Å². The Kier molecular flexibility index (Phi) is 21.0. The number of likely N-dealkylation sites (tertiary alicyclic amines) is 1. The highest BCUT2D eigenvalue weighted by Crippen LogP contribution is 2.21. The predicted octanol–water partition coefficient (Wildman–Crippen LogP) is -2.58. The zero-order chi connectivity index (χ0) is 52.5. The molecule has 0 aliphatic carbocycles. The normalized spacial score (nSPS) is 16.8. The number of hydrogen-bond acceptors (Lipinski definition) is 13. The molecule has 1 aliphatic heterocycles. The van der Waals surface area contributed by atoms with Crippen LogP contribution in [0.5, 0.6) is 0 Å². The van der Waals surface area contributed by atoms with Crippen LogP contribution in [0.4, 0.5) is 0 Å². The average molecular weight is 993 g/mol. The molecule has 24 heteroatoms. The van der Waals surface area contributed by atoms with E-state index < -0.39 is 127 Å². The van der Waals surface area contributed by atoms with E-state index in [1.54, 1.807) is 74.6 Å². The van der Waals surface area contributed by atoms with E-state index in [0.29, 0.717) is 16.5 Å². The number of benzene rings is 2. The number of nitrogens with zero attached hydrogens (tertiary/aromatic N) is 1. The number of carboxylic acid groups (broad SMARTS) is 2. The first-order valence-electron chi connectivity index (χ1n) is 23.1. The molecule has 2 aromatic carbocycles. The molecule has 71 heavy (non-hydrogen) atoms. The predicted molar refractivity (Wildman–Crippen MR) is 253 cm³/mol. The van der Waals surface area contributed by atoms with E-state index in [1.807, 2.05) is 0 Å².